The van der Waals surface area contributed by atoms with Gasteiger partial charge < -0.3 is 14.2 Å². The fourth-order valence-electron chi connectivity index (χ4n) is 1.70. The molecule has 1 aliphatic rings. The molecular weight excluding hydrogens is 296 g/mol. The minimum absolute atomic E-state index is 0.292. The van der Waals surface area contributed by atoms with Crippen molar-refractivity contribution in [2.24, 2.45) is 5.92 Å². The normalized spacial score (nSPS) is 14.6. The smallest absolute Gasteiger partial charge is 0.189 e. The molecule has 0 unspecified atom stereocenters. The van der Waals surface area contributed by atoms with Crippen molar-refractivity contribution < 1.29 is 14.2 Å². The van der Waals surface area contributed by atoms with Crippen molar-refractivity contribution in [1.29, 1.82) is 0 Å². The topological polar surface area (TPSA) is 27.7 Å². The highest BCUT2D eigenvalue weighted by atomic mass is 79.9. The summed E-state index contributed by atoms with van der Waals surface area (Å²) in [6.45, 7) is 3.69. The summed E-state index contributed by atoms with van der Waals surface area (Å²) in [7, 11) is 0. The standard InChI is InChI=1S/C14H19BrO3/c1-2-17-13-5-3-4-12(8-15)14(13)18-10-16-9-11-6-7-11/h3-5,11H,2,6-10H2,1H3. The molecule has 1 aliphatic carbocycles. The van der Waals surface area contributed by atoms with Gasteiger partial charge in [-0.25, -0.2) is 0 Å². The largest absolute Gasteiger partial charge is 0.490 e. The van der Waals surface area contributed by atoms with Crippen LogP contribution in [0.1, 0.15) is 25.3 Å². The Morgan fingerprint density at radius 3 is 2.78 bits per heavy atom. The van der Waals surface area contributed by atoms with Crippen molar-refractivity contribution in [2.45, 2.75) is 25.1 Å². The molecule has 0 aromatic heterocycles. The average molecular weight is 315 g/mol. The Bertz CT molecular complexity index is 377. The van der Waals surface area contributed by atoms with Gasteiger partial charge >= 0.3 is 0 Å². The van der Waals surface area contributed by atoms with Crippen LogP contribution in [0.4, 0.5) is 0 Å². The lowest BCUT2D eigenvalue weighted by molar-refractivity contribution is 0.00799. The Kier molecular flexibility index (Phi) is 5.32. The highest BCUT2D eigenvalue weighted by Gasteiger charge is 2.21. The van der Waals surface area contributed by atoms with Crippen LogP contribution in [0.25, 0.3) is 0 Å². The third-order valence-electron chi connectivity index (χ3n) is 2.84. The summed E-state index contributed by atoms with van der Waals surface area (Å²) in [5, 5.41) is 0.742. The quantitative estimate of drug-likeness (QED) is 0.415. The summed E-state index contributed by atoms with van der Waals surface area (Å²) in [6, 6.07) is 5.92. The van der Waals surface area contributed by atoms with Gasteiger partial charge in [0.1, 0.15) is 0 Å². The number of hydrogen-bond donors (Lipinski definition) is 0. The molecule has 0 amide bonds. The second kappa shape index (κ2) is 7.00. The van der Waals surface area contributed by atoms with Crippen LogP contribution >= 0.6 is 15.9 Å². The average Bonchev–Trinajstić information content (AvgIpc) is 3.20. The third kappa shape index (κ3) is 3.89. The maximum atomic E-state index is 5.71. The summed E-state index contributed by atoms with van der Waals surface area (Å²) in [5.41, 5.74) is 1.08. The zero-order valence-corrected chi connectivity index (χ0v) is 12.2. The van der Waals surface area contributed by atoms with Gasteiger partial charge in [0, 0.05) is 10.9 Å². The maximum absolute atomic E-state index is 5.71. The molecule has 0 atom stereocenters. The molecule has 1 saturated carbocycles. The molecular formula is C14H19BrO3. The molecule has 0 heterocycles. The van der Waals surface area contributed by atoms with Crippen LogP contribution in [0.3, 0.4) is 0 Å². The van der Waals surface area contributed by atoms with Gasteiger partial charge in [-0.3, -0.25) is 0 Å². The van der Waals surface area contributed by atoms with Crippen LogP contribution in [0, 0.1) is 5.92 Å². The molecule has 0 radical (unpaired) electrons. The summed E-state index contributed by atoms with van der Waals surface area (Å²) in [6.07, 6.45) is 2.59. The van der Waals surface area contributed by atoms with Crippen molar-refractivity contribution in [3.8, 4) is 11.5 Å². The number of para-hydroxylation sites is 1. The molecule has 1 aromatic carbocycles. The molecule has 1 aromatic rings. The van der Waals surface area contributed by atoms with E-state index in [-0.39, 0.29) is 0 Å². The summed E-state index contributed by atoms with van der Waals surface area (Å²) >= 11 is 3.46. The fraction of sp³-hybridized carbons (Fsp3) is 0.571. The van der Waals surface area contributed by atoms with E-state index in [0.29, 0.717) is 13.4 Å². The Hall–Kier alpha value is -0.740. The predicted octanol–water partition coefficient (Wildman–Crippen LogP) is 3.74. The Labute approximate surface area is 117 Å². The van der Waals surface area contributed by atoms with Gasteiger partial charge in [0.15, 0.2) is 18.3 Å². The summed E-state index contributed by atoms with van der Waals surface area (Å²) in [5.74, 6) is 2.32. The molecule has 0 spiro atoms. The van der Waals surface area contributed by atoms with Crippen LogP contribution in [-0.2, 0) is 10.1 Å². The van der Waals surface area contributed by atoms with Crippen LogP contribution in [-0.4, -0.2) is 20.0 Å². The second-order valence-electron chi connectivity index (χ2n) is 4.39. The minimum Gasteiger partial charge on any atom is -0.490 e. The van der Waals surface area contributed by atoms with Gasteiger partial charge in [-0.1, -0.05) is 28.1 Å². The van der Waals surface area contributed by atoms with E-state index in [2.05, 4.69) is 15.9 Å². The lowest BCUT2D eigenvalue weighted by Crippen LogP contribution is -2.07. The van der Waals surface area contributed by atoms with E-state index in [1.165, 1.54) is 12.8 Å². The molecule has 0 aliphatic heterocycles. The fourth-order valence-corrected chi connectivity index (χ4v) is 2.14. The number of rotatable bonds is 8. The Morgan fingerprint density at radius 2 is 2.11 bits per heavy atom. The van der Waals surface area contributed by atoms with Crippen molar-refractivity contribution in [3.63, 3.8) is 0 Å². The third-order valence-corrected chi connectivity index (χ3v) is 3.45. The van der Waals surface area contributed by atoms with Gasteiger partial charge in [-0.2, -0.15) is 0 Å². The first-order chi connectivity index (χ1) is 8.85. The summed E-state index contributed by atoms with van der Waals surface area (Å²) < 4.78 is 16.8. The SMILES string of the molecule is CCOc1cccc(CBr)c1OCOCC1CC1. The van der Waals surface area contributed by atoms with Crippen LogP contribution in [0.15, 0.2) is 18.2 Å². The molecule has 4 heteroatoms. The van der Waals surface area contributed by atoms with E-state index in [4.69, 9.17) is 14.2 Å². The van der Waals surface area contributed by atoms with Crippen LogP contribution < -0.4 is 9.47 Å². The zero-order valence-electron chi connectivity index (χ0n) is 10.7. The number of halogens is 1. The number of hydrogen-bond acceptors (Lipinski definition) is 3. The van der Waals surface area contributed by atoms with E-state index in [1.54, 1.807) is 0 Å². The molecule has 3 nitrogen and oxygen atoms in total. The zero-order chi connectivity index (χ0) is 12.8. The Balaban J connectivity index is 1.93. The molecule has 100 valence electrons. The van der Waals surface area contributed by atoms with Gasteiger partial charge in [0.05, 0.1) is 13.2 Å². The number of ether oxygens (including phenoxy) is 3. The number of alkyl halides is 1. The lowest BCUT2D eigenvalue weighted by Gasteiger charge is -2.14. The molecule has 1 fully saturated rings. The van der Waals surface area contributed by atoms with E-state index in [9.17, 15) is 0 Å². The first kappa shape index (κ1) is 13.7. The van der Waals surface area contributed by atoms with E-state index >= 15 is 0 Å². The van der Waals surface area contributed by atoms with Crippen molar-refractivity contribution in [2.75, 3.05) is 20.0 Å². The van der Waals surface area contributed by atoms with Crippen LogP contribution in [0.2, 0.25) is 0 Å². The molecule has 18 heavy (non-hydrogen) atoms. The first-order valence-electron chi connectivity index (χ1n) is 6.36. The lowest BCUT2D eigenvalue weighted by atomic mass is 10.2. The highest BCUT2D eigenvalue weighted by Crippen LogP contribution is 2.33. The van der Waals surface area contributed by atoms with Crippen LogP contribution in [0.5, 0.6) is 11.5 Å². The maximum Gasteiger partial charge on any atom is 0.189 e. The van der Waals surface area contributed by atoms with E-state index in [0.717, 1.165) is 34.9 Å². The van der Waals surface area contributed by atoms with E-state index in [1.807, 2.05) is 25.1 Å². The second-order valence-corrected chi connectivity index (χ2v) is 4.95. The van der Waals surface area contributed by atoms with Gasteiger partial charge in [0.25, 0.3) is 0 Å². The first-order valence-corrected chi connectivity index (χ1v) is 7.48. The number of benzene rings is 1. The van der Waals surface area contributed by atoms with Crippen molar-refractivity contribution in [3.05, 3.63) is 23.8 Å². The molecule has 0 saturated heterocycles. The van der Waals surface area contributed by atoms with Gasteiger partial charge in [-0.15, -0.1) is 0 Å². The molecule has 0 bridgehead atoms. The van der Waals surface area contributed by atoms with Crippen molar-refractivity contribution in [1.82, 2.24) is 0 Å². The van der Waals surface area contributed by atoms with Gasteiger partial charge in [-0.05, 0) is 31.7 Å². The minimum atomic E-state index is 0.292. The highest BCUT2D eigenvalue weighted by molar-refractivity contribution is 9.08. The monoisotopic (exact) mass is 314 g/mol. The molecule has 2 rings (SSSR count). The van der Waals surface area contributed by atoms with Gasteiger partial charge in [0.2, 0.25) is 0 Å². The summed E-state index contributed by atoms with van der Waals surface area (Å²) in [4.78, 5) is 0. The predicted molar refractivity (Wildman–Crippen MR) is 74.4 cm³/mol. The van der Waals surface area contributed by atoms with E-state index < -0.39 is 0 Å². The molecule has 0 N–H and O–H groups in total. The van der Waals surface area contributed by atoms with Crippen molar-refractivity contribution >= 4 is 15.9 Å². The Morgan fingerprint density at radius 1 is 1.28 bits per heavy atom.